The molecule has 3 aromatic rings. The summed E-state index contributed by atoms with van der Waals surface area (Å²) in [6.07, 6.45) is 1.56. The first-order valence-corrected chi connectivity index (χ1v) is 7.23. The topological polar surface area (TPSA) is 63.3 Å². The molecule has 0 amide bonds. The van der Waals surface area contributed by atoms with Crippen LogP contribution in [-0.4, -0.2) is 16.1 Å². The molecule has 0 spiro atoms. The van der Waals surface area contributed by atoms with Gasteiger partial charge in [-0.25, -0.2) is 4.98 Å². The summed E-state index contributed by atoms with van der Waals surface area (Å²) >= 11 is 2.91. The van der Waals surface area contributed by atoms with Crippen LogP contribution in [0.3, 0.4) is 0 Å². The average molecular weight is 291 g/mol. The van der Waals surface area contributed by atoms with Gasteiger partial charge in [-0.3, -0.25) is 4.79 Å². The van der Waals surface area contributed by atoms with Gasteiger partial charge in [0.2, 0.25) is 0 Å². The zero-order chi connectivity index (χ0) is 13.2. The maximum atomic E-state index is 10.9. The summed E-state index contributed by atoms with van der Waals surface area (Å²) in [6.45, 7) is 0. The molecule has 0 atom stereocenters. The number of aliphatic carboxylic acids is 1. The van der Waals surface area contributed by atoms with E-state index >= 15 is 0 Å². The summed E-state index contributed by atoms with van der Waals surface area (Å²) in [4.78, 5) is 17.2. The molecule has 1 N–H and O–H groups in total. The molecule has 4 nitrogen and oxygen atoms in total. The largest absolute Gasteiger partial charge is 0.481 e. The van der Waals surface area contributed by atoms with Crippen molar-refractivity contribution in [2.45, 2.75) is 6.42 Å². The minimum atomic E-state index is -0.854. The van der Waals surface area contributed by atoms with Crippen molar-refractivity contribution in [1.29, 1.82) is 0 Å². The number of hydrogen-bond acceptors (Lipinski definition) is 5. The Balaban J connectivity index is 2.08. The number of carboxylic acids is 1. The number of aromatic nitrogens is 1. The molecule has 0 bridgehead atoms. The first-order chi connectivity index (χ1) is 9.24. The van der Waals surface area contributed by atoms with Gasteiger partial charge in [0.15, 0.2) is 10.8 Å². The molecule has 0 unspecified atom stereocenters. The van der Waals surface area contributed by atoms with Crippen LogP contribution < -0.4 is 0 Å². The van der Waals surface area contributed by atoms with E-state index in [0.29, 0.717) is 10.8 Å². The van der Waals surface area contributed by atoms with E-state index in [9.17, 15) is 4.79 Å². The van der Waals surface area contributed by atoms with Crippen LogP contribution in [0, 0.1) is 0 Å². The molecule has 0 radical (unpaired) electrons. The predicted molar refractivity (Wildman–Crippen MR) is 74.5 cm³/mol. The van der Waals surface area contributed by atoms with E-state index in [2.05, 4.69) is 4.98 Å². The van der Waals surface area contributed by atoms with Crippen molar-refractivity contribution in [3.63, 3.8) is 0 Å². The van der Waals surface area contributed by atoms with Crippen molar-refractivity contribution in [1.82, 2.24) is 4.98 Å². The second-order valence-electron chi connectivity index (χ2n) is 3.82. The molecular weight excluding hydrogens is 282 g/mol. The van der Waals surface area contributed by atoms with Gasteiger partial charge in [0.05, 0.1) is 23.3 Å². The Labute approximate surface area is 117 Å². The van der Waals surface area contributed by atoms with E-state index in [1.54, 1.807) is 23.7 Å². The number of rotatable bonds is 4. The molecule has 0 aliphatic carbocycles. The van der Waals surface area contributed by atoms with Gasteiger partial charge >= 0.3 is 5.97 Å². The molecular formula is C13H9NO3S2. The fourth-order valence-electron chi connectivity index (χ4n) is 1.72. The van der Waals surface area contributed by atoms with Crippen LogP contribution >= 0.6 is 22.7 Å². The average Bonchev–Trinajstić information content (AvgIpc) is 3.09. The summed E-state index contributed by atoms with van der Waals surface area (Å²) in [5.74, 6) is -0.188. The van der Waals surface area contributed by atoms with Crippen LogP contribution in [0.2, 0.25) is 0 Å². The molecule has 3 aromatic heterocycles. The number of thiazole rings is 1. The van der Waals surface area contributed by atoms with Crippen molar-refractivity contribution in [3.05, 3.63) is 40.8 Å². The normalized spacial score (nSPS) is 10.7. The minimum absolute atomic E-state index is 0.0222. The molecule has 0 aliphatic rings. The van der Waals surface area contributed by atoms with Gasteiger partial charge in [-0.15, -0.1) is 22.7 Å². The number of nitrogens with zero attached hydrogens (tertiary/aromatic N) is 1. The monoisotopic (exact) mass is 291 g/mol. The number of carbonyl (C=O) groups is 1. The van der Waals surface area contributed by atoms with Crippen LogP contribution in [0.25, 0.3) is 21.3 Å². The van der Waals surface area contributed by atoms with Crippen molar-refractivity contribution in [2.75, 3.05) is 0 Å². The van der Waals surface area contributed by atoms with Gasteiger partial charge in [-0.2, -0.15) is 0 Å². The molecule has 96 valence electrons. The third-order valence-corrected chi connectivity index (χ3v) is 4.44. The highest BCUT2D eigenvalue weighted by Gasteiger charge is 2.18. The Kier molecular flexibility index (Phi) is 3.18. The van der Waals surface area contributed by atoms with E-state index in [0.717, 1.165) is 15.4 Å². The van der Waals surface area contributed by atoms with E-state index < -0.39 is 5.97 Å². The Morgan fingerprint density at radius 1 is 1.37 bits per heavy atom. The molecule has 0 saturated heterocycles. The summed E-state index contributed by atoms with van der Waals surface area (Å²) in [7, 11) is 0. The summed E-state index contributed by atoms with van der Waals surface area (Å²) < 4.78 is 5.31. The highest BCUT2D eigenvalue weighted by molar-refractivity contribution is 7.17. The Morgan fingerprint density at radius 3 is 2.89 bits per heavy atom. The standard InChI is InChI=1S/C13H9NO3S2/c15-11(16)7-10-12(9-4-2-6-18-9)14-13(19-10)8-3-1-5-17-8/h1-6H,7H2,(H,15,16). The first-order valence-electron chi connectivity index (χ1n) is 5.53. The van der Waals surface area contributed by atoms with Gasteiger partial charge in [0, 0.05) is 4.88 Å². The lowest BCUT2D eigenvalue weighted by atomic mass is 10.2. The van der Waals surface area contributed by atoms with Crippen molar-refractivity contribution in [3.8, 4) is 21.3 Å². The molecule has 3 rings (SSSR count). The number of hydrogen-bond donors (Lipinski definition) is 1. The molecule has 0 aliphatic heterocycles. The second kappa shape index (κ2) is 4.99. The minimum Gasteiger partial charge on any atom is -0.481 e. The van der Waals surface area contributed by atoms with Gasteiger partial charge in [-0.05, 0) is 23.6 Å². The van der Waals surface area contributed by atoms with E-state index in [4.69, 9.17) is 9.52 Å². The molecule has 0 aromatic carbocycles. The van der Waals surface area contributed by atoms with E-state index in [1.165, 1.54) is 11.3 Å². The fraction of sp³-hybridized carbons (Fsp3) is 0.0769. The van der Waals surface area contributed by atoms with Crippen molar-refractivity contribution >= 4 is 28.6 Å². The predicted octanol–water partition coefficient (Wildman–Crippen LogP) is 3.76. The van der Waals surface area contributed by atoms with Crippen LogP contribution in [0.4, 0.5) is 0 Å². The Hall–Kier alpha value is -1.92. The number of thiophene rings is 1. The lowest BCUT2D eigenvalue weighted by molar-refractivity contribution is -0.136. The summed E-state index contributed by atoms with van der Waals surface area (Å²) in [5.41, 5.74) is 0.744. The molecule has 0 fully saturated rings. The van der Waals surface area contributed by atoms with Crippen LogP contribution in [-0.2, 0) is 11.2 Å². The van der Waals surface area contributed by atoms with Gasteiger partial charge in [0.1, 0.15) is 0 Å². The maximum Gasteiger partial charge on any atom is 0.308 e. The number of furan rings is 1. The SMILES string of the molecule is O=C(O)Cc1sc(-c2ccco2)nc1-c1cccs1. The zero-order valence-electron chi connectivity index (χ0n) is 9.70. The van der Waals surface area contributed by atoms with Crippen LogP contribution in [0.1, 0.15) is 4.88 Å². The Morgan fingerprint density at radius 2 is 2.26 bits per heavy atom. The molecule has 6 heteroatoms. The third kappa shape index (κ3) is 2.45. The van der Waals surface area contributed by atoms with Crippen molar-refractivity contribution in [2.24, 2.45) is 0 Å². The maximum absolute atomic E-state index is 10.9. The Bertz CT molecular complexity index is 684. The van der Waals surface area contributed by atoms with Gasteiger partial charge < -0.3 is 9.52 Å². The highest BCUT2D eigenvalue weighted by atomic mass is 32.1. The first kappa shape index (κ1) is 12.1. The van der Waals surface area contributed by atoms with Crippen LogP contribution in [0.5, 0.6) is 0 Å². The fourth-order valence-corrected chi connectivity index (χ4v) is 3.56. The molecule has 3 heterocycles. The lowest BCUT2D eigenvalue weighted by Gasteiger charge is -1.95. The lowest BCUT2D eigenvalue weighted by Crippen LogP contribution is -1.98. The zero-order valence-corrected chi connectivity index (χ0v) is 11.3. The second-order valence-corrected chi connectivity index (χ2v) is 5.85. The third-order valence-electron chi connectivity index (χ3n) is 2.50. The molecule has 0 saturated carbocycles. The quantitative estimate of drug-likeness (QED) is 0.795. The van der Waals surface area contributed by atoms with Crippen molar-refractivity contribution < 1.29 is 14.3 Å². The summed E-state index contributed by atoms with van der Waals surface area (Å²) in [5, 5.41) is 11.7. The van der Waals surface area contributed by atoms with E-state index in [-0.39, 0.29) is 6.42 Å². The highest BCUT2D eigenvalue weighted by Crippen LogP contribution is 2.36. The number of carboxylic acid groups (broad SMARTS) is 1. The van der Waals surface area contributed by atoms with Gasteiger partial charge in [0.25, 0.3) is 0 Å². The smallest absolute Gasteiger partial charge is 0.308 e. The van der Waals surface area contributed by atoms with Gasteiger partial charge in [-0.1, -0.05) is 6.07 Å². The summed E-state index contributed by atoms with van der Waals surface area (Å²) in [6, 6.07) is 7.48. The van der Waals surface area contributed by atoms with E-state index in [1.807, 2.05) is 23.6 Å². The van der Waals surface area contributed by atoms with Crippen LogP contribution in [0.15, 0.2) is 40.3 Å². The molecule has 19 heavy (non-hydrogen) atoms.